The summed E-state index contributed by atoms with van der Waals surface area (Å²) in [5.74, 6) is 0.583. The van der Waals surface area contributed by atoms with Gasteiger partial charge in [-0.3, -0.25) is 0 Å². The van der Waals surface area contributed by atoms with Crippen LogP contribution >= 0.6 is 28.1 Å². The normalized spacial score (nSPS) is 11.2. The number of anilines is 1. The average Bonchev–Trinajstić information content (AvgIpc) is 2.33. The minimum absolute atomic E-state index is 0.444. The van der Waals surface area contributed by atoms with Gasteiger partial charge in [0.15, 0.2) is 0 Å². The van der Waals surface area contributed by atoms with Gasteiger partial charge in [-0.2, -0.15) is 0 Å². The lowest BCUT2D eigenvalue weighted by Gasteiger charge is -2.30. The zero-order valence-corrected chi connectivity index (χ0v) is 15.1. The van der Waals surface area contributed by atoms with E-state index in [0.29, 0.717) is 10.9 Å². The Balaban J connectivity index is 3.08. The van der Waals surface area contributed by atoms with Gasteiger partial charge in [-0.25, -0.2) is 0 Å². The molecule has 1 rings (SSSR count). The Morgan fingerprint density at radius 2 is 1.95 bits per heavy atom. The Labute approximate surface area is 136 Å². The zero-order valence-electron chi connectivity index (χ0n) is 12.7. The van der Waals surface area contributed by atoms with Gasteiger partial charge < -0.3 is 15.5 Å². The van der Waals surface area contributed by atoms with Gasteiger partial charge in [0, 0.05) is 35.4 Å². The summed E-state index contributed by atoms with van der Waals surface area (Å²) in [4.78, 5) is 5.00. The second-order valence-electron chi connectivity index (χ2n) is 5.67. The van der Waals surface area contributed by atoms with Gasteiger partial charge in [0.25, 0.3) is 0 Å². The number of nitrogens with two attached hydrogens (primary N) is 1. The monoisotopic (exact) mass is 357 g/mol. The average molecular weight is 358 g/mol. The largest absolute Gasteiger partial charge is 0.389 e. The molecular weight excluding hydrogens is 334 g/mol. The first-order chi connectivity index (χ1) is 9.31. The fraction of sp³-hybridized carbons (Fsp3) is 0.533. The highest BCUT2D eigenvalue weighted by Gasteiger charge is 2.15. The number of hydrogen-bond donors (Lipinski definition) is 1. The molecule has 20 heavy (non-hydrogen) atoms. The van der Waals surface area contributed by atoms with Crippen molar-refractivity contribution >= 4 is 38.8 Å². The van der Waals surface area contributed by atoms with Gasteiger partial charge in [-0.05, 0) is 38.2 Å². The Morgan fingerprint density at radius 3 is 2.45 bits per heavy atom. The van der Waals surface area contributed by atoms with Crippen molar-refractivity contribution in [1.82, 2.24) is 4.90 Å². The highest BCUT2D eigenvalue weighted by Crippen LogP contribution is 2.25. The molecule has 0 bridgehead atoms. The molecule has 0 amide bonds. The number of halogens is 1. The first-order valence-corrected chi connectivity index (χ1v) is 8.00. The maximum atomic E-state index is 5.88. The van der Waals surface area contributed by atoms with E-state index < -0.39 is 0 Å². The van der Waals surface area contributed by atoms with Crippen molar-refractivity contribution in [2.45, 2.75) is 13.8 Å². The number of rotatable bonds is 7. The fourth-order valence-corrected chi connectivity index (χ4v) is 2.58. The van der Waals surface area contributed by atoms with E-state index in [1.54, 1.807) is 0 Å². The molecule has 3 nitrogen and oxygen atoms in total. The van der Waals surface area contributed by atoms with Crippen molar-refractivity contribution in [3.8, 4) is 0 Å². The van der Waals surface area contributed by atoms with Gasteiger partial charge in [0.05, 0.1) is 0 Å². The van der Waals surface area contributed by atoms with Crippen molar-refractivity contribution in [1.29, 1.82) is 0 Å². The SMILES string of the molecule is CC(C)CN(CCN(C)C)c1ccc(Br)cc1C(N)=S. The second-order valence-corrected chi connectivity index (χ2v) is 7.02. The Morgan fingerprint density at radius 1 is 1.30 bits per heavy atom. The van der Waals surface area contributed by atoms with Crippen LogP contribution in [0.5, 0.6) is 0 Å². The van der Waals surface area contributed by atoms with Crippen LogP contribution in [0.25, 0.3) is 0 Å². The molecule has 0 spiro atoms. The van der Waals surface area contributed by atoms with Crippen LogP contribution in [0, 0.1) is 5.92 Å². The van der Waals surface area contributed by atoms with Crippen LogP contribution in [0.4, 0.5) is 5.69 Å². The molecule has 0 aromatic heterocycles. The van der Waals surface area contributed by atoms with E-state index in [1.165, 1.54) is 0 Å². The number of hydrogen-bond acceptors (Lipinski definition) is 3. The van der Waals surface area contributed by atoms with Crippen molar-refractivity contribution in [2.24, 2.45) is 11.7 Å². The fourth-order valence-electron chi connectivity index (χ4n) is 2.05. The summed E-state index contributed by atoms with van der Waals surface area (Å²) < 4.78 is 1.00. The lowest BCUT2D eigenvalue weighted by Crippen LogP contribution is -2.35. The summed E-state index contributed by atoms with van der Waals surface area (Å²) in [6.45, 7) is 7.40. The van der Waals surface area contributed by atoms with Crippen molar-refractivity contribution in [3.05, 3.63) is 28.2 Å². The van der Waals surface area contributed by atoms with E-state index in [-0.39, 0.29) is 0 Å². The summed E-state index contributed by atoms with van der Waals surface area (Å²) in [5.41, 5.74) is 7.94. The molecule has 0 fully saturated rings. The minimum atomic E-state index is 0.444. The molecule has 0 radical (unpaired) electrons. The highest BCUT2D eigenvalue weighted by atomic mass is 79.9. The predicted molar refractivity (Wildman–Crippen MR) is 95.6 cm³/mol. The summed E-state index contributed by atoms with van der Waals surface area (Å²) in [5, 5.41) is 0. The van der Waals surface area contributed by atoms with Crippen LogP contribution < -0.4 is 10.6 Å². The Kier molecular flexibility index (Phi) is 6.92. The molecule has 112 valence electrons. The molecule has 2 N–H and O–H groups in total. The van der Waals surface area contributed by atoms with Crippen LogP contribution in [0.1, 0.15) is 19.4 Å². The van der Waals surface area contributed by atoms with Crippen LogP contribution in [-0.2, 0) is 0 Å². The van der Waals surface area contributed by atoms with Gasteiger partial charge in [0.2, 0.25) is 0 Å². The molecule has 1 aromatic carbocycles. The van der Waals surface area contributed by atoms with Crippen molar-refractivity contribution < 1.29 is 0 Å². The number of nitrogens with zero attached hydrogens (tertiary/aromatic N) is 2. The molecule has 0 aliphatic rings. The maximum Gasteiger partial charge on any atom is 0.106 e. The van der Waals surface area contributed by atoms with E-state index in [4.69, 9.17) is 18.0 Å². The molecule has 0 saturated heterocycles. The maximum absolute atomic E-state index is 5.88. The number of benzene rings is 1. The van der Waals surface area contributed by atoms with Crippen LogP contribution in [-0.4, -0.2) is 43.6 Å². The third-order valence-corrected chi connectivity index (χ3v) is 3.68. The summed E-state index contributed by atoms with van der Waals surface area (Å²) in [6.07, 6.45) is 0. The standard InChI is InChI=1S/C15H24BrN3S/c1-11(2)10-19(8-7-18(3)4)14-6-5-12(16)9-13(14)15(17)20/h5-6,9,11H,7-8,10H2,1-4H3,(H2,17,20). The van der Waals surface area contributed by atoms with Gasteiger partial charge in [-0.1, -0.05) is 42.0 Å². The Hall–Kier alpha value is -0.650. The first kappa shape index (κ1) is 17.4. The molecule has 0 aliphatic heterocycles. The van der Waals surface area contributed by atoms with Gasteiger partial charge in [-0.15, -0.1) is 0 Å². The van der Waals surface area contributed by atoms with Gasteiger partial charge in [0.1, 0.15) is 4.99 Å². The lowest BCUT2D eigenvalue weighted by atomic mass is 10.1. The quantitative estimate of drug-likeness (QED) is 0.760. The molecule has 0 heterocycles. The molecule has 0 atom stereocenters. The van der Waals surface area contributed by atoms with Crippen molar-refractivity contribution in [3.63, 3.8) is 0 Å². The first-order valence-electron chi connectivity index (χ1n) is 6.80. The third kappa shape index (κ3) is 5.38. The molecule has 0 unspecified atom stereocenters. The Bertz CT molecular complexity index is 460. The van der Waals surface area contributed by atoms with Crippen molar-refractivity contribution in [2.75, 3.05) is 38.6 Å². The van der Waals surface area contributed by atoms with E-state index in [1.807, 2.05) is 12.1 Å². The van der Waals surface area contributed by atoms with Crippen LogP contribution in [0.3, 0.4) is 0 Å². The van der Waals surface area contributed by atoms with Crippen LogP contribution in [0.15, 0.2) is 22.7 Å². The molecule has 1 aromatic rings. The third-order valence-electron chi connectivity index (χ3n) is 2.97. The molecule has 0 saturated carbocycles. The summed E-state index contributed by atoms with van der Waals surface area (Å²) in [7, 11) is 4.17. The predicted octanol–water partition coefficient (Wildman–Crippen LogP) is 3.11. The van der Waals surface area contributed by atoms with Gasteiger partial charge >= 0.3 is 0 Å². The second kappa shape index (κ2) is 7.96. The summed E-state index contributed by atoms with van der Waals surface area (Å²) in [6, 6.07) is 6.14. The smallest absolute Gasteiger partial charge is 0.106 e. The lowest BCUT2D eigenvalue weighted by molar-refractivity contribution is 0.409. The van der Waals surface area contributed by atoms with E-state index in [2.05, 4.69) is 59.7 Å². The highest BCUT2D eigenvalue weighted by molar-refractivity contribution is 9.10. The molecular formula is C15H24BrN3S. The minimum Gasteiger partial charge on any atom is -0.389 e. The van der Waals surface area contributed by atoms with E-state index in [9.17, 15) is 0 Å². The molecule has 5 heteroatoms. The topological polar surface area (TPSA) is 32.5 Å². The molecule has 0 aliphatic carbocycles. The van der Waals surface area contributed by atoms with E-state index >= 15 is 0 Å². The zero-order chi connectivity index (χ0) is 15.3. The number of likely N-dealkylation sites (N-methyl/N-ethyl adjacent to an activating group) is 1. The van der Waals surface area contributed by atoms with Crippen LogP contribution in [0.2, 0.25) is 0 Å². The summed E-state index contributed by atoms with van der Waals surface area (Å²) >= 11 is 8.68. The number of thiocarbonyl (C=S) groups is 1. The van der Waals surface area contributed by atoms with E-state index in [0.717, 1.165) is 35.4 Å².